The molecule has 0 saturated heterocycles. The molecular weight excluding hydrogens is 402 g/mol. The third-order valence-corrected chi connectivity index (χ3v) is 4.31. The molecule has 0 radical (unpaired) electrons. The monoisotopic (exact) mass is 415 g/mol. The van der Waals surface area contributed by atoms with Crippen molar-refractivity contribution < 1.29 is 15.0 Å². The zero-order valence-corrected chi connectivity index (χ0v) is 15.5. The van der Waals surface area contributed by atoms with Gasteiger partial charge in [0.15, 0.2) is 5.69 Å². The Balaban J connectivity index is 2.08. The summed E-state index contributed by atoms with van der Waals surface area (Å²) in [6.07, 6.45) is 0. The van der Waals surface area contributed by atoms with Crippen LogP contribution in [0.3, 0.4) is 0 Å². The van der Waals surface area contributed by atoms with Gasteiger partial charge in [-0.05, 0) is 12.1 Å². The van der Waals surface area contributed by atoms with Gasteiger partial charge in [0.05, 0.1) is 33.2 Å². The average molecular weight is 416 g/mol. The first-order chi connectivity index (χ1) is 13.9. The van der Waals surface area contributed by atoms with Gasteiger partial charge in [-0.15, -0.1) is 10.2 Å². The molecule has 0 aliphatic rings. The number of azo groups is 1. The van der Waals surface area contributed by atoms with Gasteiger partial charge in [-0.2, -0.15) is 0 Å². The van der Waals surface area contributed by atoms with Crippen molar-refractivity contribution in [2.45, 2.75) is 0 Å². The van der Waals surface area contributed by atoms with E-state index in [-0.39, 0.29) is 17.3 Å². The van der Waals surface area contributed by atoms with Gasteiger partial charge in [-0.25, -0.2) is 0 Å². The molecule has 3 rings (SSSR count). The van der Waals surface area contributed by atoms with Crippen LogP contribution < -0.4 is 5.32 Å². The number of halogens is 1. The molecular formula is C18H14ClN5O5. The number of nitro benzene ring substituents is 2. The lowest BCUT2D eigenvalue weighted by molar-refractivity contribution is -0.393. The minimum Gasteiger partial charge on any atom is -0.395 e. The van der Waals surface area contributed by atoms with Crippen LogP contribution in [0.25, 0.3) is 10.8 Å². The lowest BCUT2D eigenvalue weighted by atomic mass is 10.1. The molecule has 0 bridgehead atoms. The van der Waals surface area contributed by atoms with Crippen molar-refractivity contribution in [3.63, 3.8) is 0 Å². The quantitative estimate of drug-likeness (QED) is 0.311. The Bertz CT molecular complexity index is 1140. The summed E-state index contributed by atoms with van der Waals surface area (Å²) in [6.45, 7) is 0.341. The predicted molar refractivity (Wildman–Crippen MR) is 108 cm³/mol. The molecule has 2 N–H and O–H groups in total. The van der Waals surface area contributed by atoms with E-state index in [0.717, 1.165) is 28.6 Å². The van der Waals surface area contributed by atoms with Gasteiger partial charge in [-0.3, -0.25) is 20.2 Å². The Morgan fingerprint density at radius 1 is 1.00 bits per heavy atom. The van der Waals surface area contributed by atoms with Crippen LogP contribution in [0.15, 0.2) is 58.8 Å². The van der Waals surface area contributed by atoms with Crippen molar-refractivity contribution in [2.75, 3.05) is 18.5 Å². The number of nitro groups is 2. The van der Waals surface area contributed by atoms with E-state index in [1.54, 1.807) is 24.3 Å². The van der Waals surface area contributed by atoms with Crippen molar-refractivity contribution in [1.82, 2.24) is 0 Å². The highest BCUT2D eigenvalue weighted by Crippen LogP contribution is 2.40. The third kappa shape index (κ3) is 4.28. The first-order valence-corrected chi connectivity index (χ1v) is 8.70. The summed E-state index contributed by atoms with van der Waals surface area (Å²) in [7, 11) is 0. The summed E-state index contributed by atoms with van der Waals surface area (Å²) in [5, 5.41) is 43.6. The van der Waals surface area contributed by atoms with E-state index in [1.165, 1.54) is 0 Å². The van der Waals surface area contributed by atoms with Crippen LogP contribution in [0, 0.1) is 20.2 Å². The van der Waals surface area contributed by atoms with Crippen molar-refractivity contribution in [1.29, 1.82) is 0 Å². The highest BCUT2D eigenvalue weighted by Gasteiger charge is 2.23. The SMILES string of the molecule is O=[N+]([O-])c1cc(Cl)c(/N=N\c2ccc(NCCO)c3ccccc23)c([N+](=O)[O-])c1. The maximum Gasteiger partial charge on any atom is 0.305 e. The summed E-state index contributed by atoms with van der Waals surface area (Å²) in [4.78, 5) is 20.7. The molecule has 0 heterocycles. The van der Waals surface area contributed by atoms with Crippen LogP contribution >= 0.6 is 11.6 Å². The van der Waals surface area contributed by atoms with Crippen molar-refractivity contribution in [3.8, 4) is 0 Å². The molecule has 148 valence electrons. The molecule has 0 saturated carbocycles. The van der Waals surface area contributed by atoms with Gasteiger partial charge in [0, 0.05) is 29.1 Å². The average Bonchev–Trinajstić information content (AvgIpc) is 2.71. The normalized spacial score (nSPS) is 11.1. The number of aliphatic hydroxyl groups excluding tert-OH is 1. The zero-order valence-electron chi connectivity index (χ0n) is 14.8. The van der Waals surface area contributed by atoms with Crippen molar-refractivity contribution in [2.24, 2.45) is 10.2 Å². The summed E-state index contributed by atoms with van der Waals surface area (Å²) in [5.41, 5.74) is -0.176. The van der Waals surface area contributed by atoms with Crippen LogP contribution in [0.4, 0.5) is 28.4 Å². The summed E-state index contributed by atoms with van der Waals surface area (Å²) < 4.78 is 0. The maximum atomic E-state index is 11.3. The lowest BCUT2D eigenvalue weighted by Crippen LogP contribution is -2.05. The molecule has 0 aromatic heterocycles. The topological polar surface area (TPSA) is 143 Å². The van der Waals surface area contributed by atoms with E-state index in [1.807, 2.05) is 12.1 Å². The van der Waals surface area contributed by atoms with Gasteiger partial charge in [-0.1, -0.05) is 35.9 Å². The number of hydrogen-bond donors (Lipinski definition) is 2. The smallest absolute Gasteiger partial charge is 0.305 e. The number of benzene rings is 3. The molecule has 0 fully saturated rings. The van der Waals surface area contributed by atoms with E-state index in [2.05, 4.69) is 15.5 Å². The number of aliphatic hydroxyl groups is 1. The number of nitrogens with one attached hydrogen (secondary N) is 1. The molecule has 0 unspecified atom stereocenters. The number of anilines is 1. The molecule has 0 atom stereocenters. The molecule has 0 aliphatic heterocycles. The lowest BCUT2D eigenvalue weighted by Gasteiger charge is -2.10. The Morgan fingerprint density at radius 3 is 2.38 bits per heavy atom. The zero-order chi connectivity index (χ0) is 21.0. The minimum absolute atomic E-state index is 0.0297. The second-order valence-electron chi connectivity index (χ2n) is 5.84. The van der Waals surface area contributed by atoms with E-state index in [9.17, 15) is 20.2 Å². The summed E-state index contributed by atoms with van der Waals surface area (Å²) >= 11 is 5.99. The van der Waals surface area contributed by atoms with Crippen LogP contribution in [0.1, 0.15) is 0 Å². The molecule has 10 nitrogen and oxygen atoms in total. The molecule has 0 aliphatic carbocycles. The second kappa shape index (κ2) is 8.59. The Morgan fingerprint density at radius 2 is 1.72 bits per heavy atom. The van der Waals surface area contributed by atoms with E-state index in [0.29, 0.717) is 12.2 Å². The maximum absolute atomic E-state index is 11.3. The second-order valence-corrected chi connectivity index (χ2v) is 6.24. The van der Waals surface area contributed by atoms with E-state index < -0.39 is 21.2 Å². The number of hydrogen-bond acceptors (Lipinski definition) is 8. The Hall–Kier alpha value is -3.63. The Labute approximate surface area is 168 Å². The predicted octanol–water partition coefficient (Wildman–Crippen LogP) is 5.13. The molecule has 0 amide bonds. The van der Waals surface area contributed by atoms with Crippen LogP contribution in [0.2, 0.25) is 5.02 Å². The number of rotatable bonds is 7. The van der Waals surface area contributed by atoms with Crippen LogP contribution in [0.5, 0.6) is 0 Å². The summed E-state index contributed by atoms with van der Waals surface area (Å²) in [6, 6.07) is 12.5. The third-order valence-electron chi connectivity index (χ3n) is 4.02. The summed E-state index contributed by atoms with van der Waals surface area (Å²) in [5.74, 6) is 0. The highest BCUT2D eigenvalue weighted by molar-refractivity contribution is 6.33. The van der Waals surface area contributed by atoms with Gasteiger partial charge in [0.25, 0.3) is 5.69 Å². The number of non-ortho nitro benzene ring substituents is 1. The first kappa shape index (κ1) is 20.1. The fourth-order valence-corrected chi connectivity index (χ4v) is 2.98. The van der Waals surface area contributed by atoms with Gasteiger partial charge >= 0.3 is 5.69 Å². The highest BCUT2D eigenvalue weighted by atomic mass is 35.5. The molecule has 3 aromatic rings. The standard InChI is InChI=1S/C18H14ClN5O5/c19-14-9-11(23(26)27)10-17(24(28)29)18(14)22-21-16-6-5-15(20-7-8-25)12-3-1-2-4-13(12)16/h1-6,9-10,20,25H,7-8H2/b22-21-. The molecule has 29 heavy (non-hydrogen) atoms. The first-order valence-electron chi connectivity index (χ1n) is 8.33. The molecule has 3 aromatic carbocycles. The molecule has 0 spiro atoms. The largest absolute Gasteiger partial charge is 0.395 e. The van der Waals surface area contributed by atoms with Gasteiger partial charge < -0.3 is 10.4 Å². The number of nitrogens with zero attached hydrogens (tertiary/aromatic N) is 4. The Kier molecular flexibility index (Phi) is 5.96. The van der Waals surface area contributed by atoms with Gasteiger partial charge in [0.1, 0.15) is 0 Å². The fraction of sp³-hybridized carbons (Fsp3) is 0.111. The van der Waals surface area contributed by atoms with Crippen molar-refractivity contribution in [3.05, 3.63) is 73.8 Å². The minimum atomic E-state index is -0.798. The van der Waals surface area contributed by atoms with E-state index in [4.69, 9.17) is 16.7 Å². The van der Waals surface area contributed by atoms with Crippen LogP contribution in [-0.4, -0.2) is 28.1 Å². The van der Waals surface area contributed by atoms with Gasteiger partial charge in [0.2, 0.25) is 0 Å². The van der Waals surface area contributed by atoms with E-state index >= 15 is 0 Å². The van der Waals surface area contributed by atoms with Crippen LogP contribution in [-0.2, 0) is 0 Å². The fourth-order valence-electron chi connectivity index (χ4n) is 2.73. The molecule has 11 heteroatoms. The number of fused-ring (bicyclic) bond motifs is 1. The van der Waals surface area contributed by atoms with Crippen molar-refractivity contribution >= 4 is 50.8 Å².